The van der Waals surface area contributed by atoms with E-state index in [-0.39, 0.29) is 23.1 Å². The fraction of sp³-hybridized carbons (Fsp3) is 0.125. The van der Waals surface area contributed by atoms with Crippen LogP contribution >= 0.6 is 11.6 Å². The molecule has 206 valence electrons. The molecule has 1 heterocycles. The summed E-state index contributed by atoms with van der Waals surface area (Å²) in [6.07, 6.45) is 0. The zero-order chi connectivity index (χ0) is 28.9. The van der Waals surface area contributed by atoms with Gasteiger partial charge in [0.25, 0.3) is 0 Å². The summed E-state index contributed by atoms with van der Waals surface area (Å²) in [5, 5.41) is 9.44. The third-order valence-corrected chi connectivity index (χ3v) is 7.11. The van der Waals surface area contributed by atoms with E-state index in [2.05, 4.69) is 4.98 Å². The van der Waals surface area contributed by atoms with Crippen LogP contribution in [-0.2, 0) is 13.1 Å². The van der Waals surface area contributed by atoms with Gasteiger partial charge in [-0.2, -0.15) is 4.98 Å². The largest absolute Gasteiger partial charge is 0.478 e. The molecular weight excluding hydrogens is 540 g/mol. The molecular formula is C32H27ClN4O4. The first kappa shape index (κ1) is 27.6. The molecule has 5 rings (SSSR count). The van der Waals surface area contributed by atoms with Crippen LogP contribution in [0.3, 0.4) is 0 Å². The van der Waals surface area contributed by atoms with Gasteiger partial charge in [-0.15, -0.1) is 0 Å². The molecule has 0 unspecified atom stereocenters. The molecule has 0 fully saturated rings. The van der Waals surface area contributed by atoms with E-state index in [9.17, 15) is 19.5 Å². The zero-order valence-corrected chi connectivity index (χ0v) is 23.0. The van der Waals surface area contributed by atoms with E-state index in [1.54, 1.807) is 0 Å². The Balaban J connectivity index is 1.69. The first-order chi connectivity index (χ1) is 19.9. The second kappa shape index (κ2) is 12.1. The van der Waals surface area contributed by atoms with Gasteiger partial charge in [0.1, 0.15) is 0 Å². The summed E-state index contributed by atoms with van der Waals surface area (Å²) in [4.78, 5) is 45.5. The molecule has 0 aliphatic heterocycles. The summed E-state index contributed by atoms with van der Waals surface area (Å²) < 4.78 is 2.40. The monoisotopic (exact) mass is 566 g/mol. The van der Waals surface area contributed by atoms with Gasteiger partial charge in [0.2, 0.25) is 5.95 Å². The molecule has 8 nitrogen and oxygen atoms in total. The van der Waals surface area contributed by atoms with Crippen molar-refractivity contribution in [3.63, 3.8) is 0 Å². The van der Waals surface area contributed by atoms with Crippen LogP contribution in [0.1, 0.15) is 28.4 Å². The molecule has 0 saturated carbocycles. The first-order valence-electron chi connectivity index (χ1n) is 13.1. The second-order valence-corrected chi connectivity index (χ2v) is 9.80. The molecule has 0 saturated heterocycles. The number of rotatable bonds is 9. The highest BCUT2D eigenvalue weighted by molar-refractivity contribution is 6.33. The number of anilines is 1. The standard InChI is InChI=1S/C32H27ClN4O4/c1-2-35(20-22-11-5-3-6-12-22)30-34-31(40)36(21-24-15-9-10-16-26(24)23-13-7-4-8-14-23)32(41)37(30)25-17-18-27(29(38)39)28(33)19-25/h3-19H,2,20-21H2,1H3,(H,38,39). The van der Waals surface area contributed by atoms with E-state index >= 15 is 0 Å². The summed E-state index contributed by atoms with van der Waals surface area (Å²) in [7, 11) is 0. The molecule has 5 aromatic rings. The van der Waals surface area contributed by atoms with Crippen molar-refractivity contribution in [1.82, 2.24) is 14.1 Å². The van der Waals surface area contributed by atoms with E-state index in [0.29, 0.717) is 18.8 Å². The number of nitrogens with zero attached hydrogens (tertiary/aromatic N) is 4. The number of hydrogen-bond acceptors (Lipinski definition) is 5. The molecule has 1 N–H and O–H groups in total. The molecule has 0 spiro atoms. The van der Waals surface area contributed by atoms with E-state index in [0.717, 1.165) is 26.8 Å². The number of carboxylic acids is 1. The third-order valence-electron chi connectivity index (χ3n) is 6.80. The Kier molecular flexibility index (Phi) is 8.12. The number of benzene rings is 4. The Morgan fingerprint density at radius 1 is 0.902 bits per heavy atom. The summed E-state index contributed by atoms with van der Waals surface area (Å²) in [5.41, 5.74) is 2.48. The van der Waals surface area contributed by atoms with E-state index < -0.39 is 17.3 Å². The maximum atomic E-state index is 14.2. The Labute approximate surface area is 241 Å². The van der Waals surface area contributed by atoms with E-state index in [4.69, 9.17) is 11.6 Å². The highest BCUT2D eigenvalue weighted by Gasteiger charge is 2.22. The van der Waals surface area contributed by atoms with Crippen molar-refractivity contribution >= 4 is 23.5 Å². The number of carboxylic acid groups (broad SMARTS) is 1. The van der Waals surface area contributed by atoms with Gasteiger partial charge in [0, 0.05) is 13.1 Å². The maximum Gasteiger partial charge on any atom is 0.355 e. The van der Waals surface area contributed by atoms with Crippen molar-refractivity contribution in [2.75, 3.05) is 11.4 Å². The van der Waals surface area contributed by atoms with Gasteiger partial charge in [-0.25, -0.2) is 23.5 Å². The Morgan fingerprint density at radius 3 is 2.22 bits per heavy atom. The Bertz CT molecular complexity index is 1820. The predicted molar refractivity (Wildman–Crippen MR) is 160 cm³/mol. The summed E-state index contributed by atoms with van der Waals surface area (Å²) >= 11 is 6.31. The number of halogens is 1. The molecule has 0 aliphatic carbocycles. The smallest absolute Gasteiger partial charge is 0.355 e. The van der Waals surface area contributed by atoms with Gasteiger partial charge in [-0.05, 0) is 47.4 Å². The van der Waals surface area contributed by atoms with E-state index in [1.807, 2.05) is 96.8 Å². The molecule has 41 heavy (non-hydrogen) atoms. The van der Waals surface area contributed by atoms with Crippen molar-refractivity contribution in [1.29, 1.82) is 0 Å². The van der Waals surface area contributed by atoms with Crippen molar-refractivity contribution in [3.05, 3.63) is 146 Å². The zero-order valence-electron chi connectivity index (χ0n) is 22.3. The third kappa shape index (κ3) is 5.83. The lowest BCUT2D eigenvalue weighted by atomic mass is 10.00. The fourth-order valence-electron chi connectivity index (χ4n) is 4.73. The van der Waals surface area contributed by atoms with Crippen LogP contribution in [0.25, 0.3) is 16.8 Å². The number of aromatic carboxylic acids is 1. The lowest BCUT2D eigenvalue weighted by molar-refractivity contribution is 0.0697. The van der Waals surface area contributed by atoms with Crippen molar-refractivity contribution in [2.24, 2.45) is 0 Å². The van der Waals surface area contributed by atoms with Gasteiger partial charge in [-0.1, -0.05) is 96.5 Å². The number of hydrogen-bond donors (Lipinski definition) is 1. The average Bonchev–Trinajstić information content (AvgIpc) is 2.98. The molecule has 0 atom stereocenters. The minimum atomic E-state index is -1.19. The molecule has 0 aliphatic rings. The predicted octanol–water partition coefficient (Wildman–Crippen LogP) is 5.49. The van der Waals surface area contributed by atoms with Crippen LogP contribution in [0, 0.1) is 0 Å². The van der Waals surface area contributed by atoms with Gasteiger partial charge < -0.3 is 10.0 Å². The second-order valence-electron chi connectivity index (χ2n) is 9.39. The summed E-state index contributed by atoms with van der Waals surface area (Å²) in [5.74, 6) is -1.05. The molecule has 9 heteroatoms. The number of aromatic nitrogens is 3. The van der Waals surface area contributed by atoms with Crippen LogP contribution in [-0.4, -0.2) is 31.7 Å². The Hall–Kier alpha value is -4.95. The minimum absolute atomic E-state index is 0.0121. The van der Waals surface area contributed by atoms with Gasteiger partial charge >= 0.3 is 17.3 Å². The fourth-order valence-corrected chi connectivity index (χ4v) is 4.99. The topological polar surface area (TPSA) is 97.4 Å². The SMILES string of the molecule is CCN(Cc1ccccc1)c1nc(=O)n(Cc2ccccc2-c2ccccc2)c(=O)n1-c1ccc(C(=O)O)c(Cl)c1. The average molecular weight is 567 g/mol. The van der Waals surface area contributed by atoms with Gasteiger partial charge in [0.05, 0.1) is 22.8 Å². The van der Waals surface area contributed by atoms with Gasteiger partial charge in [-0.3, -0.25) is 0 Å². The Morgan fingerprint density at radius 2 is 1.56 bits per heavy atom. The lowest BCUT2D eigenvalue weighted by Gasteiger charge is -2.25. The van der Waals surface area contributed by atoms with Crippen LogP contribution in [0.15, 0.2) is 113 Å². The molecule has 0 bridgehead atoms. The first-order valence-corrected chi connectivity index (χ1v) is 13.4. The van der Waals surface area contributed by atoms with Crippen LogP contribution in [0.2, 0.25) is 5.02 Å². The quantitative estimate of drug-likeness (QED) is 0.253. The normalized spacial score (nSPS) is 10.9. The maximum absolute atomic E-state index is 14.2. The van der Waals surface area contributed by atoms with Crippen molar-refractivity contribution in [2.45, 2.75) is 20.0 Å². The van der Waals surface area contributed by atoms with Gasteiger partial charge in [0.15, 0.2) is 0 Å². The lowest BCUT2D eigenvalue weighted by Crippen LogP contribution is -2.44. The van der Waals surface area contributed by atoms with E-state index in [1.165, 1.54) is 22.8 Å². The van der Waals surface area contributed by atoms with Crippen LogP contribution < -0.4 is 16.3 Å². The van der Waals surface area contributed by atoms with Crippen LogP contribution in [0.5, 0.6) is 0 Å². The van der Waals surface area contributed by atoms with Crippen molar-refractivity contribution < 1.29 is 9.90 Å². The summed E-state index contributed by atoms with van der Waals surface area (Å²) in [6, 6.07) is 31.2. The summed E-state index contributed by atoms with van der Waals surface area (Å²) in [6.45, 7) is 2.73. The highest BCUT2D eigenvalue weighted by Crippen LogP contribution is 2.25. The number of carbonyl (C=O) groups is 1. The minimum Gasteiger partial charge on any atom is -0.478 e. The molecule has 1 aromatic heterocycles. The van der Waals surface area contributed by atoms with Crippen molar-refractivity contribution in [3.8, 4) is 16.8 Å². The molecule has 0 radical (unpaired) electrons. The van der Waals surface area contributed by atoms with Crippen LogP contribution in [0.4, 0.5) is 5.95 Å². The molecule has 4 aromatic carbocycles. The molecule has 0 amide bonds. The highest BCUT2D eigenvalue weighted by atomic mass is 35.5.